The molecule has 0 radical (unpaired) electrons. The van der Waals surface area contributed by atoms with E-state index in [1.165, 1.54) is 74.6 Å². The summed E-state index contributed by atoms with van der Waals surface area (Å²) in [5.74, 6) is 2.62. The minimum Gasteiger partial charge on any atom is -0.330 e. The normalized spacial score (nSPS) is 30.5. The zero-order valence-corrected chi connectivity index (χ0v) is 29.2. The maximum atomic E-state index is 6.15. The summed E-state index contributed by atoms with van der Waals surface area (Å²) < 4.78 is 0. The molecule has 0 bridgehead atoms. The van der Waals surface area contributed by atoms with Crippen LogP contribution in [0.25, 0.3) is 11.1 Å². The molecule has 0 aliphatic heterocycles. The molecule has 6 atom stereocenters. The Morgan fingerprint density at radius 3 is 2.54 bits per heavy atom. The highest BCUT2D eigenvalue weighted by Crippen LogP contribution is 2.41. The molecule has 48 heavy (non-hydrogen) atoms. The lowest BCUT2D eigenvalue weighted by molar-refractivity contribution is 0.336. The third kappa shape index (κ3) is 6.44. The molecule has 2 heteroatoms. The molecule has 0 heterocycles. The molecule has 7 aliphatic rings. The van der Waals surface area contributed by atoms with E-state index in [4.69, 9.17) is 5.73 Å². The minimum absolute atomic E-state index is 0.349. The summed E-state index contributed by atoms with van der Waals surface area (Å²) in [6.45, 7) is 3.07. The smallest absolute Gasteiger partial charge is 0.0365 e. The molecule has 8 rings (SSSR count). The van der Waals surface area contributed by atoms with Gasteiger partial charge in [-0.25, -0.2) is 0 Å². The Morgan fingerprint density at radius 1 is 0.833 bits per heavy atom. The summed E-state index contributed by atoms with van der Waals surface area (Å²) in [5.41, 5.74) is 18.9. The van der Waals surface area contributed by atoms with Gasteiger partial charge in [-0.05, 0) is 164 Å². The fourth-order valence-electron chi connectivity index (χ4n) is 10.2. The van der Waals surface area contributed by atoms with Crippen LogP contribution in [0.3, 0.4) is 0 Å². The van der Waals surface area contributed by atoms with Crippen molar-refractivity contribution in [1.29, 1.82) is 0 Å². The monoisotopic (exact) mass is 636 g/mol. The zero-order valence-electron chi connectivity index (χ0n) is 29.2. The minimum atomic E-state index is 0.349. The van der Waals surface area contributed by atoms with Gasteiger partial charge in [0.1, 0.15) is 0 Å². The highest BCUT2D eigenvalue weighted by atomic mass is 15.0. The van der Waals surface area contributed by atoms with E-state index in [0.717, 1.165) is 38.1 Å². The summed E-state index contributed by atoms with van der Waals surface area (Å²) in [6.07, 6.45) is 41.7. The van der Waals surface area contributed by atoms with Gasteiger partial charge >= 0.3 is 0 Å². The highest BCUT2D eigenvalue weighted by Gasteiger charge is 2.33. The number of nitrogens with one attached hydrogen (secondary N) is 1. The van der Waals surface area contributed by atoms with E-state index in [1.807, 2.05) is 0 Å². The fraction of sp³-hybridized carbons (Fsp3) is 0.478. The topological polar surface area (TPSA) is 38.0 Å². The Balaban J connectivity index is 1.15. The molecular weight excluding hydrogens is 581 g/mol. The second-order valence-corrected chi connectivity index (χ2v) is 15.6. The van der Waals surface area contributed by atoms with Gasteiger partial charge in [0, 0.05) is 12.1 Å². The Bertz CT molecular complexity index is 1780. The van der Waals surface area contributed by atoms with Gasteiger partial charge in [-0.1, -0.05) is 103 Å². The molecule has 3 unspecified atom stereocenters. The van der Waals surface area contributed by atoms with Gasteiger partial charge in [0.15, 0.2) is 0 Å². The molecule has 3 N–H and O–H groups in total. The zero-order chi connectivity index (χ0) is 32.5. The molecule has 0 fully saturated rings. The molecule has 0 amide bonds. The van der Waals surface area contributed by atoms with Crippen LogP contribution in [0.1, 0.15) is 96.8 Å². The standard InChI is InChI=1S/C46H56N2/c1-2-31(30-47)34-15-17-35(18-16-34)38-22-24-45(46(29-38)48-40-23-21-33-10-4-6-12-37(33)28-40)44-26-25-41(42-13-7-8-14-43(42)44)39-20-19-32-9-3-5-11-36(32)27-39/h3,6-9,12-15,21-24,27,31,33,35,37,40,46,48H,2,4-5,10-11,16-20,25-26,28-30,47H2,1H3/t31-,33-,35-,37?,40?,46?/m1/s1. The largest absolute Gasteiger partial charge is 0.330 e. The summed E-state index contributed by atoms with van der Waals surface area (Å²) in [5, 5.41) is 7.24. The Labute approximate surface area is 289 Å². The molecule has 0 spiro atoms. The van der Waals surface area contributed by atoms with Gasteiger partial charge in [0.05, 0.1) is 0 Å². The quantitative estimate of drug-likeness (QED) is 0.280. The van der Waals surface area contributed by atoms with Gasteiger partial charge in [-0.3, -0.25) is 0 Å². The summed E-state index contributed by atoms with van der Waals surface area (Å²) in [7, 11) is 0. The lowest BCUT2D eigenvalue weighted by atomic mass is 9.73. The summed E-state index contributed by atoms with van der Waals surface area (Å²) in [6, 6.07) is 10.1. The van der Waals surface area contributed by atoms with Crippen molar-refractivity contribution in [2.24, 2.45) is 29.4 Å². The second kappa shape index (κ2) is 14.3. The van der Waals surface area contributed by atoms with Crippen molar-refractivity contribution in [3.05, 3.63) is 129 Å². The van der Waals surface area contributed by atoms with Crippen molar-refractivity contribution in [2.45, 2.75) is 109 Å². The van der Waals surface area contributed by atoms with Crippen molar-refractivity contribution in [3.8, 4) is 0 Å². The second-order valence-electron chi connectivity index (χ2n) is 15.6. The van der Waals surface area contributed by atoms with E-state index in [1.54, 1.807) is 44.6 Å². The van der Waals surface area contributed by atoms with Crippen LogP contribution in [0.5, 0.6) is 0 Å². The number of fused-ring (bicyclic) bond motifs is 2. The van der Waals surface area contributed by atoms with Crippen LogP contribution in [0, 0.1) is 23.7 Å². The first-order chi connectivity index (χ1) is 23.7. The summed E-state index contributed by atoms with van der Waals surface area (Å²) >= 11 is 0. The number of benzene rings is 1. The predicted octanol–water partition coefficient (Wildman–Crippen LogP) is 8.99. The van der Waals surface area contributed by atoms with E-state index >= 15 is 0 Å². The SMILES string of the molecule is CC[C@H](CN)C1=CC[C@@H](C2=CC=C(C3=c4ccccc4=C(C4=CC5=C(C=CCC5)CC4)CC3)C(NC3C=C[C@H]4CCC=CC4C3)C2)CC1. The molecule has 0 saturated heterocycles. The van der Waals surface area contributed by atoms with Crippen LogP contribution >= 0.6 is 0 Å². The number of rotatable bonds is 8. The fourth-order valence-corrected chi connectivity index (χ4v) is 10.2. The molecular formula is C46H56N2. The van der Waals surface area contributed by atoms with Crippen LogP contribution < -0.4 is 21.5 Å². The Hall–Kier alpha value is -3.20. The maximum Gasteiger partial charge on any atom is 0.0365 e. The predicted molar refractivity (Wildman–Crippen MR) is 203 cm³/mol. The van der Waals surface area contributed by atoms with Crippen LogP contribution in [-0.2, 0) is 0 Å². The molecule has 7 aliphatic carbocycles. The van der Waals surface area contributed by atoms with Gasteiger partial charge in [-0.2, -0.15) is 0 Å². The van der Waals surface area contributed by atoms with Crippen molar-refractivity contribution < 1.29 is 0 Å². The van der Waals surface area contributed by atoms with E-state index in [0.29, 0.717) is 29.8 Å². The molecule has 250 valence electrons. The van der Waals surface area contributed by atoms with Crippen LogP contribution in [0.4, 0.5) is 0 Å². The van der Waals surface area contributed by atoms with Crippen LogP contribution in [0.15, 0.2) is 118 Å². The van der Waals surface area contributed by atoms with E-state index in [-0.39, 0.29) is 0 Å². The van der Waals surface area contributed by atoms with Crippen molar-refractivity contribution in [2.75, 3.05) is 6.54 Å². The van der Waals surface area contributed by atoms with Crippen LogP contribution in [-0.4, -0.2) is 18.6 Å². The molecule has 1 aromatic rings. The van der Waals surface area contributed by atoms with E-state index < -0.39 is 0 Å². The third-order valence-corrected chi connectivity index (χ3v) is 13.0. The first-order valence-corrected chi connectivity index (χ1v) is 19.5. The lowest BCUT2D eigenvalue weighted by Crippen LogP contribution is -2.44. The van der Waals surface area contributed by atoms with Crippen molar-refractivity contribution >= 4 is 11.1 Å². The van der Waals surface area contributed by atoms with Gasteiger partial charge in [0.2, 0.25) is 0 Å². The maximum absolute atomic E-state index is 6.15. The van der Waals surface area contributed by atoms with Crippen molar-refractivity contribution in [1.82, 2.24) is 5.32 Å². The number of nitrogens with two attached hydrogens (primary N) is 1. The first kappa shape index (κ1) is 32.0. The average Bonchev–Trinajstić information content (AvgIpc) is 3.15. The molecule has 0 saturated carbocycles. The lowest BCUT2D eigenvalue weighted by Gasteiger charge is -2.38. The third-order valence-electron chi connectivity index (χ3n) is 13.0. The van der Waals surface area contributed by atoms with Crippen molar-refractivity contribution in [3.63, 3.8) is 0 Å². The van der Waals surface area contributed by atoms with Gasteiger partial charge in [-0.15, -0.1) is 0 Å². The van der Waals surface area contributed by atoms with Gasteiger partial charge in [0.25, 0.3) is 0 Å². The average molecular weight is 637 g/mol. The van der Waals surface area contributed by atoms with Gasteiger partial charge < -0.3 is 11.1 Å². The molecule has 0 aromatic heterocycles. The van der Waals surface area contributed by atoms with Crippen LogP contribution in [0.2, 0.25) is 0 Å². The number of hydrogen-bond acceptors (Lipinski definition) is 2. The number of allylic oxidation sites excluding steroid dienone is 12. The van der Waals surface area contributed by atoms with E-state index in [9.17, 15) is 0 Å². The number of hydrogen-bond donors (Lipinski definition) is 2. The highest BCUT2D eigenvalue weighted by molar-refractivity contribution is 5.77. The Kier molecular flexibility index (Phi) is 9.57. The molecule has 1 aromatic carbocycles. The Morgan fingerprint density at radius 2 is 1.71 bits per heavy atom. The first-order valence-electron chi connectivity index (χ1n) is 19.5. The molecule has 2 nitrogen and oxygen atoms in total. The van der Waals surface area contributed by atoms with E-state index in [2.05, 4.69) is 97.3 Å². The summed E-state index contributed by atoms with van der Waals surface area (Å²) in [4.78, 5) is 0.